The van der Waals surface area contributed by atoms with Gasteiger partial charge in [-0.25, -0.2) is 15.0 Å². The molecular weight excluding hydrogens is 314 g/mol. The summed E-state index contributed by atoms with van der Waals surface area (Å²) < 4.78 is 2.09. The van der Waals surface area contributed by atoms with Crippen LogP contribution < -0.4 is 5.32 Å². The van der Waals surface area contributed by atoms with E-state index < -0.39 is 0 Å². The van der Waals surface area contributed by atoms with Gasteiger partial charge < -0.3 is 9.88 Å². The van der Waals surface area contributed by atoms with Crippen molar-refractivity contribution in [1.82, 2.24) is 29.4 Å². The lowest BCUT2D eigenvalue weighted by Crippen LogP contribution is -2.24. The van der Waals surface area contributed by atoms with Crippen LogP contribution >= 0.6 is 0 Å². The summed E-state index contributed by atoms with van der Waals surface area (Å²) in [7, 11) is 2.04. The van der Waals surface area contributed by atoms with Crippen LogP contribution in [0.5, 0.6) is 0 Å². The minimum atomic E-state index is 0.403. The Balaban J connectivity index is 1.52. The summed E-state index contributed by atoms with van der Waals surface area (Å²) in [6.45, 7) is 2.02. The molecule has 1 aliphatic heterocycles. The van der Waals surface area contributed by atoms with E-state index in [-0.39, 0.29) is 0 Å². The minimum absolute atomic E-state index is 0.403. The van der Waals surface area contributed by atoms with E-state index in [0.29, 0.717) is 11.9 Å². The fourth-order valence-electron chi connectivity index (χ4n) is 3.36. The van der Waals surface area contributed by atoms with Crippen LogP contribution in [0.4, 0.5) is 11.6 Å². The highest BCUT2D eigenvalue weighted by atomic mass is 15.2. The molecule has 0 saturated carbocycles. The van der Waals surface area contributed by atoms with Crippen LogP contribution in [0.15, 0.2) is 49.4 Å². The summed E-state index contributed by atoms with van der Waals surface area (Å²) in [5, 5.41) is 3.22. The van der Waals surface area contributed by atoms with Gasteiger partial charge in [0.25, 0.3) is 0 Å². The monoisotopic (exact) mass is 335 g/mol. The Kier molecular flexibility index (Phi) is 4.39. The van der Waals surface area contributed by atoms with Crippen LogP contribution in [0.2, 0.25) is 0 Å². The van der Waals surface area contributed by atoms with Gasteiger partial charge in [0.1, 0.15) is 11.6 Å². The van der Waals surface area contributed by atoms with E-state index in [9.17, 15) is 0 Å². The van der Waals surface area contributed by atoms with Gasteiger partial charge in [0.05, 0.1) is 18.2 Å². The molecule has 4 rings (SSSR count). The predicted molar refractivity (Wildman–Crippen MR) is 95.1 cm³/mol. The van der Waals surface area contributed by atoms with Crippen LogP contribution in [0.3, 0.4) is 0 Å². The van der Waals surface area contributed by atoms with Crippen molar-refractivity contribution < 1.29 is 0 Å². The molecule has 0 bridgehead atoms. The molecule has 1 saturated heterocycles. The Morgan fingerprint density at radius 1 is 1.12 bits per heavy atom. The molecule has 128 valence electrons. The van der Waals surface area contributed by atoms with Gasteiger partial charge in [0.15, 0.2) is 0 Å². The van der Waals surface area contributed by atoms with Crippen molar-refractivity contribution in [2.75, 3.05) is 11.9 Å². The average molecular weight is 335 g/mol. The Morgan fingerprint density at radius 2 is 2.04 bits per heavy atom. The third-order valence-corrected chi connectivity index (χ3v) is 4.63. The third-order valence-electron chi connectivity index (χ3n) is 4.63. The van der Waals surface area contributed by atoms with Crippen molar-refractivity contribution in [1.29, 1.82) is 0 Å². The molecule has 0 aromatic carbocycles. The smallest absolute Gasteiger partial charge is 0.150 e. The maximum absolute atomic E-state index is 4.41. The molecule has 1 unspecified atom stereocenters. The van der Waals surface area contributed by atoms with Crippen molar-refractivity contribution in [2.45, 2.75) is 25.4 Å². The van der Waals surface area contributed by atoms with Crippen molar-refractivity contribution in [3.8, 4) is 0 Å². The van der Waals surface area contributed by atoms with Gasteiger partial charge in [0, 0.05) is 44.4 Å². The van der Waals surface area contributed by atoms with Crippen molar-refractivity contribution >= 4 is 11.6 Å². The molecule has 7 heteroatoms. The number of aromatic nitrogens is 5. The second-order valence-corrected chi connectivity index (χ2v) is 6.31. The molecule has 4 heterocycles. The Labute approximate surface area is 146 Å². The van der Waals surface area contributed by atoms with Crippen molar-refractivity contribution in [3.63, 3.8) is 0 Å². The van der Waals surface area contributed by atoms with Gasteiger partial charge in [0.2, 0.25) is 0 Å². The highest BCUT2D eigenvalue weighted by Crippen LogP contribution is 2.33. The van der Waals surface area contributed by atoms with Crippen LogP contribution in [0.25, 0.3) is 0 Å². The standard InChI is InChI=1S/C18H21N7/c1-24-13-20-10-15(24)12-25-8-2-3-16(25)14-4-5-21-17(9-14)23-18-11-19-6-7-22-18/h4-7,9-11,13,16H,2-3,8,12H2,1H3,(H,21,22,23). The summed E-state index contributed by atoms with van der Waals surface area (Å²) in [5.74, 6) is 1.50. The van der Waals surface area contributed by atoms with Crippen LogP contribution in [0.1, 0.15) is 30.1 Å². The zero-order valence-electron chi connectivity index (χ0n) is 14.2. The first-order chi connectivity index (χ1) is 12.3. The Hall–Kier alpha value is -2.80. The number of pyridine rings is 1. The molecule has 0 spiro atoms. The van der Waals surface area contributed by atoms with Gasteiger partial charge in [-0.2, -0.15) is 0 Å². The highest BCUT2D eigenvalue weighted by molar-refractivity contribution is 5.51. The predicted octanol–water partition coefficient (Wildman–Crippen LogP) is 2.69. The molecule has 3 aromatic heterocycles. The summed E-state index contributed by atoms with van der Waals surface area (Å²) in [6.07, 6.45) is 13.0. The zero-order chi connectivity index (χ0) is 17.1. The summed E-state index contributed by atoms with van der Waals surface area (Å²) in [6, 6.07) is 4.62. The first-order valence-electron chi connectivity index (χ1n) is 8.48. The summed E-state index contributed by atoms with van der Waals surface area (Å²) >= 11 is 0. The van der Waals surface area contributed by atoms with E-state index in [2.05, 4.69) is 46.9 Å². The molecule has 1 atom stereocenters. The number of aryl methyl sites for hydroxylation is 1. The lowest BCUT2D eigenvalue weighted by Gasteiger charge is -2.25. The fourth-order valence-corrected chi connectivity index (χ4v) is 3.36. The molecule has 1 fully saturated rings. The number of hydrogen-bond acceptors (Lipinski definition) is 6. The zero-order valence-corrected chi connectivity index (χ0v) is 14.2. The summed E-state index contributed by atoms with van der Waals surface area (Å²) in [4.78, 5) is 19.5. The number of nitrogens with zero attached hydrogens (tertiary/aromatic N) is 6. The van der Waals surface area contributed by atoms with Crippen LogP contribution in [0, 0.1) is 0 Å². The molecule has 25 heavy (non-hydrogen) atoms. The molecular formula is C18H21N7. The Morgan fingerprint density at radius 3 is 2.84 bits per heavy atom. The fraction of sp³-hybridized carbons (Fsp3) is 0.333. The van der Waals surface area contributed by atoms with Crippen molar-refractivity contribution in [2.24, 2.45) is 7.05 Å². The third kappa shape index (κ3) is 3.51. The number of imidazole rings is 1. The first kappa shape index (κ1) is 15.7. The largest absolute Gasteiger partial charge is 0.337 e. The molecule has 1 aliphatic rings. The molecule has 0 aliphatic carbocycles. The second-order valence-electron chi connectivity index (χ2n) is 6.31. The van der Waals surface area contributed by atoms with E-state index >= 15 is 0 Å². The summed E-state index contributed by atoms with van der Waals surface area (Å²) in [5.41, 5.74) is 2.51. The quantitative estimate of drug-likeness (QED) is 0.773. The minimum Gasteiger partial charge on any atom is -0.337 e. The normalized spacial score (nSPS) is 17.7. The molecule has 1 N–H and O–H groups in total. The van der Waals surface area contributed by atoms with E-state index in [0.717, 1.165) is 25.3 Å². The number of likely N-dealkylation sites (tertiary alicyclic amines) is 1. The van der Waals surface area contributed by atoms with E-state index in [1.165, 1.54) is 17.7 Å². The topological polar surface area (TPSA) is 71.8 Å². The second kappa shape index (κ2) is 6.98. The van der Waals surface area contributed by atoms with Crippen LogP contribution in [-0.2, 0) is 13.6 Å². The molecule has 0 radical (unpaired) electrons. The van der Waals surface area contributed by atoms with Crippen LogP contribution in [-0.4, -0.2) is 35.9 Å². The van der Waals surface area contributed by atoms with Gasteiger partial charge in [-0.3, -0.25) is 9.88 Å². The highest BCUT2D eigenvalue weighted by Gasteiger charge is 2.26. The van der Waals surface area contributed by atoms with Gasteiger partial charge in [-0.1, -0.05) is 0 Å². The first-order valence-corrected chi connectivity index (χ1v) is 8.48. The number of nitrogens with one attached hydrogen (secondary N) is 1. The van der Waals surface area contributed by atoms with Crippen molar-refractivity contribution in [3.05, 3.63) is 60.7 Å². The SMILES string of the molecule is Cn1cncc1CN1CCCC1c1ccnc(Nc2cnccn2)c1. The maximum atomic E-state index is 4.41. The lowest BCUT2D eigenvalue weighted by molar-refractivity contribution is 0.243. The number of rotatable bonds is 5. The van der Waals surface area contributed by atoms with Gasteiger partial charge in [-0.15, -0.1) is 0 Å². The molecule has 0 amide bonds. The van der Waals surface area contributed by atoms with E-state index in [1.54, 1.807) is 18.6 Å². The number of hydrogen-bond donors (Lipinski definition) is 1. The van der Waals surface area contributed by atoms with Gasteiger partial charge >= 0.3 is 0 Å². The molecule has 3 aromatic rings. The van der Waals surface area contributed by atoms with Gasteiger partial charge in [-0.05, 0) is 37.1 Å². The maximum Gasteiger partial charge on any atom is 0.150 e. The average Bonchev–Trinajstić information content (AvgIpc) is 3.26. The lowest BCUT2D eigenvalue weighted by atomic mass is 10.1. The van der Waals surface area contributed by atoms with E-state index in [1.807, 2.05) is 25.8 Å². The Bertz CT molecular complexity index is 830. The molecule has 7 nitrogen and oxygen atoms in total. The van der Waals surface area contributed by atoms with E-state index in [4.69, 9.17) is 0 Å². The number of anilines is 2.